The number of hydrogen-bond acceptors (Lipinski definition) is 6. The highest BCUT2D eigenvalue weighted by molar-refractivity contribution is 6.30. The number of nitrogens with zero attached hydrogens (tertiary/aromatic N) is 3. The number of pyridine rings is 1. The quantitative estimate of drug-likeness (QED) is 0.545. The summed E-state index contributed by atoms with van der Waals surface area (Å²) < 4.78 is 10.9. The minimum atomic E-state index is -0.310. The molecule has 1 aromatic heterocycles. The van der Waals surface area contributed by atoms with Crippen LogP contribution < -0.4 is 15.0 Å². The minimum Gasteiger partial charge on any atom is -0.484 e. The third-order valence-corrected chi connectivity index (χ3v) is 5.53. The number of ether oxygens (including phenoxy) is 2. The molecule has 1 N–H and O–H groups in total. The summed E-state index contributed by atoms with van der Waals surface area (Å²) in [6.07, 6.45) is 1.30. The van der Waals surface area contributed by atoms with E-state index in [9.17, 15) is 9.59 Å². The van der Waals surface area contributed by atoms with E-state index in [2.05, 4.69) is 15.2 Å². The van der Waals surface area contributed by atoms with Gasteiger partial charge in [-0.05, 0) is 42.0 Å². The lowest BCUT2D eigenvalue weighted by Gasteiger charge is -2.34. The largest absolute Gasteiger partial charge is 0.484 e. The van der Waals surface area contributed by atoms with E-state index in [-0.39, 0.29) is 25.2 Å². The molecule has 0 saturated carbocycles. The number of aromatic nitrogens is 1. The van der Waals surface area contributed by atoms with Crippen molar-refractivity contribution in [2.24, 2.45) is 0 Å². The van der Waals surface area contributed by atoms with E-state index in [1.165, 1.54) is 0 Å². The molecule has 0 aliphatic carbocycles. The van der Waals surface area contributed by atoms with Crippen LogP contribution >= 0.6 is 11.6 Å². The number of rotatable bonds is 7. The van der Waals surface area contributed by atoms with Gasteiger partial charge in [-0.25, -0.2) is 9.78 Å². The summed E-state index contributed by atoms with van der Waals surface area (Å²) in [6.45, 7) is 2.54. The highest BCUT2D eigenvalue weighted by atomic mass is 35.5. The third kappa shape index (κ3) is 6.62. The monoisotopic (exact) mass is 480 g/mol. The minimum absolute atomic E-state index is 0.119. The van der Waals surface area contributed by atoms with Gasteiger partial charge in [0.25, 0.3) is 5.91 Å². The van der Waals surface area contributed by atoms with Gasteiger partial charge in [-0.1, -0.05) is 41.9 Å². The zero-order chi connectivity index (χ0) is 23.8. The summed E-state index contributed by atoms with van der Waals surface area (Å²) in [5, 5.41) is 3.37. The fourth-order valence-electron chi connectivity index (χ4n) is 3.45. The third-order valence-electron chi connectivity index (χ3n) is 5.28. The van der Waals surface area contributed by atoms with Crippen molar-refractivity contribution in [1.82, 2.24) is 9.88 Å². The van der Waals surface area contributed by atoms with Gasteiger partial charge in [0.05, 0.1) is 11.9 Å². The Morgan fingerprint density at radius 2 is 1.68 bits per heavy atom. The lowest BCUT2D eigenvalue weighted by Crippen LogP contribution is -2.49. The molecule has 0 spiro atoms. The Kier molecular flexibility index (Phi) is 7.83. The van der Waals surface area contributed by atoms with E-state index in [1.807, 2.05) is 36.4 Å². The average molecular weight is 481 g/mol. The zero-order valence-electron chi connectivity index (χ0n) is 18.5. The molecular formula is C25H25ClN4O4. The lowest BCUT2D eigenvalue weighted by molar-refractivity contribution is -0.118. The molecule has 176 valence electrons. The summed E-state index contributed by atoms with van der Waals surface area (Å²) in [4.78, 5) is 32.7. The number of hydrogen-bond donors (Lipinski definition) is 1. The van der Waals surface area contributed by atoms with Crippen LogP contribution in [-0.4, -0.2) is 54.7 Å². The van der Waals surface area contributed by atoms with Crippen molar-refractivity contribution < 1.29 is 19.1 Å². The van der Waals surface area contributed by atoms with Crippen molar-refractivity contribution in [2.75, 3.05) is 43.0 Å². The first-order chi connectivity index (χ1) is 16.6. The van der Waals surface area contributed by atoms with E-state index in [0.29, 0.717) is 42.6 Å². The smallest absolute Gasteiger partial charge is 0.410 e. The van der Waals surface area contributed by atoms with Crippen molar-refractivity contribution in [3.8, 4) is 5.75 Å². The topological polar surface area (TPSA) is 84.0 Å². The van der Waals surface area contributed by atoms with Gasteiger partial charge >= 0.3 is 6.09 Å². The molecule has 4 rings (SSSR count). The van der Waals surface area contributed by atoms with Crippen LogP contribution in [0.4, 0.5) is 16.3 Å². The van der Waals surface area contributed by atoms with Gasteiger partial charge in [0.1, 0.15) is 18.2 Å². The second-order valence-electron chi connectivity index (χ2n) is 7.71. The molecule has 2 aromatic carbocycles. The summed E-state index contributed by atoms with van der Waals surface area (Å²) >= 11 is 5.84. The predicted molar refractivity (Wildman–Crippen MR) is 130 cm³/mol. The molecule has 1 aliphatic heterocycles. The van der Waals surface area contributed by atoms with Crippen LogP contribution in [0.3, 0.4) is 0 Å². The molecular weight excluding hydrogens is 456 g/mol. The van der Waals surface area contributed by atoms with E-state index in [1.54, 1.807) is 41.4 Å². The van der Waals surface area contributed by atoms with Crippen molar-refractivity contribution in [1.29, 1.82) is 0 Å². The SMILES string of the molecule is O=C(COc1ccc(Cl)cc1)Nc1ccc(N2CCN(C(=O)OCc3ccccc3)CC2)nc1. The van der Waals surface area contributed by atoms with Gasteiger partial charge in [-0.3, -0.25) is 4.79 Å². The lowest BCUT2D eigenvalue weighted by atomic mass is 10.2. The zero-order valence-corrected chi connectivity index (χ0v) is 19.3. The highest BCUT2D eigenvalue weighted by Gasteiger charge is 2.23. The number of halogens is 1. The number of piperazine rings is 1. The average Bonchev–Trinajstić information content (AvgIpc) is 2.88. The van der Waals surface area contributed by atoms with Crippen LogP contribution in [0, 0.1) is 0 Å². The van der Waals surface area contributed by atoms with Gasteiger partial charge in [-0.2, -0.15) is 0 Å². The first kappa shape index (κ1) is 23.4. The number of amides is 2. The molecule has 2 heterocycles. The number of nitrogens with one attached hydrogen (secondary N) is 1. The van der Waals surface area contributed by atoms with Crippen molar-refractivity contribution in [3.05, 3.63) is 83.5 Å². The Bertz CT molecular complexity index is 1090. The highest BCUT2D eigenvalue weighted by Crippen LogP contribution is 2.18. The van der Waals surface area contributed by atoms with E-state index in [4.69, 9.17) is 21.1 Å². The molecule has 34 heavy (non-hydrogen) atoms. The van der Waals surface area contributed by atoms with Crippen LogP contribution in [0.1, 0.15) is 5.56 Å². The number of anilines is 2. The molecule has 0 atom stereocenters. The normalized spacial score (nSPS) is 13.3. The molecule has 9 heteroatoms. The summed E-state index contributed by atoms with van der Waals surface area (Å²) in [5.41, 5.74) is 1.54. The van der Waals surface area contributed by atoms with Crippen LogP contribution in [0.5, 0.6) is 5.75 Å². The molecule has 0 unspecified atom stereocenters. The summed E-state index contributed by atoms with van der Waals surface area (Å²) in [6, 6.07) is 20.1. The van der Waals surface area contributed by atoms with Gasteiger partial charge in [-0.15, -0.1) is 0 Å². The molecule has 1 saturated heterocycles. The maximum absolute atomic E-state index is 12.3. The Morgan fingerprint density at radius 3 is 2.35 bits per heavy atom. The maximum atomic E-state index is 12.3. The van der Waals surface area contributed by atoms with E-state index >= 15 is 0 Å². The van der Waals surface area contributed by atoms with Gasteiger partial charge in [0, 0.05) is 31.2 Å². The molecule has 3 aromatic rings. The van der Waals surface area contributed by atoms with Crippen molar-refractivity contribution in [2.45, 2.75) is 6.61 Å². The van der Waals surface area contributed by atoms with Crippen molar-refractivity contribution >= 4 is 35.1 Å². The van der Waals surface area contributed by atoms with Gasteiger partial charge in [0.2, 0.25) is 0 Å². The molecule has 1 aliphatic rings. The maximum Gasteiger partial charge on any atom is 0.410 e. The van der Waals surface area contributed by atoms with Crippen LogP contribution in [-0.2, 0) is 16.1 Å². The predicted octanol–water partition coefficient (Wildman–Crippen LogP) is 4.21. The number of carbonyl (C=O) groups excluding carboxylic acids is 2. The molecule has 8 nitrogen and oxygen atoms in total. The first-order valence-electron chi connectivity index (χ1n) is 10.9. The molecule has 2 amide bonds. The standard InChI is InChI=1S/C25H25ClN4O4/c26-20-6-9-22(10-7-20)33-18-24(31)28-21-8-11-23(27-16-21)29-12-14-30(15-13-29)25(32)34-17-19-4-2-1-3-5-19/h1-11,16H,12-15,17-18H2,(H,28,31). The molecule has 0 bridgehead atoms. The second-order valence-corrected chi connectivity index (χ2v) is 8.15. The summed E-state index contributed by atoms with van der Waals surface area (Å²) in [7, 11) is 0. The second kappa shape index (κ2) is 11.4. The van der Waals surface area contributed by atoms with Gasteiger partial charge < -0.3 is 24.6 Å². The summed E-state index contributed by atoms with van der Waals surface area (Å²) in [5.74, 6) is 1.07. The molecule has 0 radical (unpaired) electrons. The Balaban J connectivity index is 1.20. The number of carbonyl (C=O) groups is 2. The Labute approximate surface area is 203 Å². The fourth-order valence-corrected chi connectivity index (χ4v) is 3.58. The van der Waals surface area contributed by atoms with E-state index < -0.39 is 0 Å². The van der Waals surface area contributed by atoms with Crippen molar-refractivity contribution in [3.63, 3.8) is 0 Å². The van der Waals surface area contributed by atoms with Crippen LogP contribution in [0.2, 0.25) is 5.02 Å². The van der Waals surface area contributed by atoms with Gasteiger partial charge in [0.15, 0.2) is 6.61 Å². The Hall–Kier alpha value is -3.78. The number of benzene rings is 2. The van der Waals surface area contributed by atoms with Crippen LogP contribution in [0.15, 0.2) is 72.9 Å². The van der Waals surface area contributed by atoms with Crippen LogP contribution in [0.25, 0.3) is 0 Å². The first-order valence-corrected chi connectivity index (χ1v) is 11.3. The van der Waals surface area contributed by atoms with E-state index in [0.717, 1.165) is 11.4 Å². The molecule has 1 fully saturated rings. The Morgan fingerprint density at radius 1 is 0.941 bits per heavy atom. The fraction of sp³-hybridized carbons (Fsp3) is 0.240.